The molecule has 1 saturated carbocycles. The maximum atomic E-state index is 12.6. The molecule has 1 atom stereocenters. The van der Waals surface area contributed by atoms with Crippen molar-refractivity contribution in [3.63, 3.8) is 0 Å². The lowest BCUT2D eigenvalue weighted by atomic mass is 9.99. The topological polar surface area (TPSA) is 63.4 Å². The van der Waals surface area contributed by atoms with Crippen molar-refractivity contribution in [1.29, 1.82) is 0 Å². The molecule has 104 valence electrons. The molecule has 0 aromatic heterocycles. The van der Waals surface area contributed by atoms with E-state index < -0.39 is 6.04 Å². The van der Waals surface area contributed by atoms with Crippen LogP contribution in [0.25, 0.3) is 0 Å². The van der Waals surface area contributed by atoms with Crippen LogP contribution in [0.1, 0.15) is 44.7 Å². The van der Waals surface area contributed by atoms with Crippen LogP contribution < -0.4 is 5.73 Å². The van der Waals surface area contributed by atoms with Crippen molar-refractivity contribution < 1.29 is 9.59 Å². The Labute approximate surface area is 122 Å². The third-order valence-corrected chi connectivity index (χ3v) is 4.37. The highest BCUT2D eigenvalue weighted by molar-refractivity contribution is 7.80. The quantitative estimate of drug-likeness (QED) is 0.682. The van der Waals surface area contributed by atoms with E-state index in [0.29, 0.717) is 11.1 Å². The van der Waals surface area contributed by atoms with Gasteiger partial charge in [0.2, 0.25) is 0 Å². The molecular formula is C15H16N2O2S. The van der Waals surface area contributed by atoms with Gasteiger partial charge in [-0.2, -0.15) is 0 Å². The minimum Gasteiger partial charge on any atom is -0.392 e. The molecule has 1 aromatic rings. The second-order valence-electron chi connectivity index (χ2n) is 5.61. The summed E-state index contributed by atoms with van der Waals surface area (Å²) < 4.78 is 0. The molecule has 2 N–H and O–H groups in total. The van der Waals surface area contributed by atoms with E-state index in [4.69, 9.17) is 18.0 Å². The molecule has 2 amide bonds. The van der Waals surface area contributed by atoms with Gasteiger partial charge >= 0.3 is 0 Å². The predicted molar refractivity (Wildman–Crippen MR) is 79.7 cm³/mol. The molecule has 20 heavy (non-hydrogen) atoms. The standard InChI is InChI=1S/C15H16N2O2S/c1-7-3-4-8(2)11-10(7)14(18)17(15(11)19)12(13(16)20)9-5-6-9/h3-4,9,12H,5-6H2,1-2H3,(H2,16,20). The molecule has 3 rings (SSSR count). The third kappa shape index (κ3) is 1.77. The van der Waals surface area contributed by atoms with Crippen LogP contribution in [-0.2, 0) is 0 Å². The second-order valence-corrected chi connectivity index (χ2v) is 6.09. The van der Waals surface area contributed by atoms with Crippen LogP contribution >= 0.6 is 12.2 Å². The van der Waals surface area contributed by atoms with Crippen LogP contribution in [-0.4, -0.2) is 27.7 Å². The molecule has 1 heterocycles. The van der Waals surface area contributed by atoms with E-state index in [0.717, 1.165) is 24.0 Å². The highest BCUT2D eigenvalue weighted by Gasteiger charge is 2.48. The normalized spacial score (nSPS) is 19.2. The number of thiocarbonyl (C=S) groups is 1. The molecule has 1 unspecified atom stereocenters. The average Bonchev–Trinajstić information content (AvgIpc) is 3.16. The van der Waals surface area contributed by atoms with E-state index in [2.05, 4.69) is 0 Å². The largest absolute Gasteiger partial charge is 0.392 e. The van der Waals surface area contributed by atoms with Gasteiger partial charge in [-0.25, -0.2) is 0 Å². The van der Waals surface area contributed by atoms with Gasteiger partial charge in [-0.05, 0) is 43.7 Å². The Kier molecular flexibility index (Phi) is 2.90. The maximum absolute atomic E-state index is 12.6. The van der Waals surface area contributed by atoms with Gasteiger partial charge in [-0.1, -0.05) is 24.4 Å². The van der Waals surface area contributed by atoms with Gasteiger partial charge in [0.1, 0.15) is 0 Å². The monoisotopic (exact) mass is 288 g/mol. The summed E-state index contributed by atoms with van der Waals surface area (Å²) in [5, 5.41) is 0. The van der Waals surface area contributed by atoms with E-state index >= 15 is 0 Å². The Morgan fingerprint density at radius 2 is 1.65 bits per heavy atom. The smallest absolute Gasteiger partial charge is 0.262 e. The first-order chi connectivity index (χ1) is 9.43. The number of hydrogen-bond donors (Lipinski definition) is 1. The molecule has 0 saturated heterocycles. The van der Waals surface area contributed by atoms with Crippen LogP contribution in [0.2, 0.25) is 0 Å². The summed E-state index contributed by atoms with van der Waals surface area (Å²) in [6, 6.07) is 3.31. The van der Waals surface area contributed by atoms with E-state index in [-0.39, 0.29) is 22.7 Å². The Morgan fingerprint density at radius 1 is 1.20 bits per heavy atom. The van der Waals surface area contributed by atoms with Gasteiger partial charge in [-0.3, -0.25) is 14.5 Å². The van der Waals surface area contributed by atoms with Crippen LogP contribution in [0.5, 0.6) is 0 Å². The number of hydrogen-bond acceptors (Lipinski definition) is 3. The highest BCUT2D eigenvalue weighted by Crippen LogP contribution is 2.39. The number of rotatable bonds is 3. The fourth-order valence-electron chi connectivity index (χ4n) is 2.93. The molecule has 1 aromatic carbocycles. The highest BCUT2D eigenvalue weighted by atomic mass is 32.1. The van der Waals surface area contributed by atoms with Crippen molar-refractivity contribution in [3.05, 3.63) is 34.4 Å². The Morgan fingerprint density at radius 3 is 2.00 bits per heavy atom. The van der Waals surface area contributed by atoms with E-state index in [1.165, 1.54) is 4.90 Å². The molecule has 2 aliphatic rings. The van der Waals surface area contributed by atoms with Crippen molar-refractivity contribution >= 4 is 29.0 Å². The van der Waals surface area contributed by atoms with Crippen molar-refractivity contribution in [1.82, 2.24) is 4.90 Å². The van der Waals surface area contributed by atoms with Crippen molar-refractivity contribution in [3.8, 4) is 0 Å². The average molecular weight is 288 g/mol. The molecule has 0 spiro atoms. The zero-order valence-corrected chi connectivity index (χ0v) is 12.3. The van der Waals surface area contributed by atoms with Crippen LogP contribution in [0, 0.1) is 19.8 Å². The lowest BCUT2D eigenvalue weighted by Crippen LogP contribution is -2.48. The van der Waals surface area contributed by atoms with Gasteiger partial charge in [-0.15, -0.1) is 0 Å². The first kappa shape index (κ1) is 13.2. The van der Waals surface area contributed by atoms with E-state index in [1.54, 1.807) is 0 Å². The summed E-state index contributed by atoms with van der Waals surface area (Å²) in [6.07, 6.45) is 1.93. The van der Waals surface area contributed by atoms with Gasteiger partial charge in [0.15, 0.2) is 0 Å². The Balaban J connectivity index is 2.11. The number of imide groups is 1. The zero-order valence-electron chi connectivity index (χ0n) is 11.5. The number of carbonyl (C=O) groups is 2. The van der Waals surface area contributed by atoms with E-state index in [1.807, 2.05) is 26.0 Å². The Bertz CT molecular complexity index is 609. The first-order valence-corrected chi connectivity index (χ1v) is 7.11. The van der Waals surface area contributed by atoms with Crippen molar-refractivity contribution in [2.45, 2.75) is 32.7 Å². The number of amides is 2. The van der Waals surface area contributed by atoms with Gasteiger partial charge in [0.25, 0.3) is 11.8 Å². The molecule has 5 heteroatoms. The minimum atomic E-state index is -0.434. The fourth-order valence-corrected chi connectivity index (χ4v) is 3.23. The molecule has 0 radical (unpaired) electrons. The second kappa shape index (κ2) is 4.38. The van der Waals surface area contributed by atoms with Crippen LogP contribution in [0.15, 0.2) is 12.1 Å². The summed E-state index contributed by atoms with van der Waals surface area (Å²) in [6.45, 7) is 3.69. The van der Waals surface area contributed by atoms with Crippen LogP contribution in [0.3, 0.4) is 0 Å². The molecular weight excluding hydrogens is 272 g/mol. The summed E-state index contributed by atoms with van der Waals surface area (Å²) >= 11 is 5.08. The minimum absolute atomic E-state index is 0.232. The number of benzene rings is 1. The number of nitrogens with zero attached hydrogens (tertiary/aromatic N) is 1. The molecule has 1 aliphatic carbocycles. The van der Waals surface area contributed by atoms with Crippen LogP contribution in [0.4, 0.5) is 0 Å². The first-order valence-electron chi connectivity index (χ1n) is 6.71. The van der Waals surface area contributed by atoms with Gasteiger partial charge in [0.05, 0.1) is 22.2 Å². The summed E-state index contributed by atoms with van der Waals surface area (Å²) in [5.74, 6) is -0.276. The van der Waals surface area contributed by atoms with E-state index in [9.17, 15) is 9.59 Å². The van der Waals surface area contributed by atoms with Crippen molar-refractivity contribution in [2.24, 2.45) is 11.7 Å². The number of carbonyl (C=O) groups excluding carboxylic acids is 2. The number of nitrogens with two attached hydrogens (primary N) is 1. The molecule has 1 aliphatic heterocycles. The summed E-state index contributed by atoms with van der Waals surface area (Å²) in [4.78, 5) is 26.8. The number of aryl methyl sites for hydroxylation is 2. The lowest BCUT2D eigenvalue weighted by molar-refractivity contribution is 0.0613. The molecule has 0 bridgehead atoms. The predicted octanol–water partition coefficient (Wildman–Crippen LogP) is 1.96. The SMILES string of the molecule is Cc1ccc(C)c2c1C(=O)N(C(C(N)=S)C1CC1)C2=O. The fraction of sp³-hybridized carbons (Fsp3) is 0.400. The summed E-state index contributed by atoms with van der Waals surface area (Å²) in [5.41, 5.74) is 8.45. The molecule has 4 nitrogen and oxygen atoms in total. The number of fused-ring (bicyclic) bond motifs is 1. The summed E-state index contributed by atoms with van der Waals surface area (Å²) in [7, 11) is 0. The lowest BCUT2D eigenvalue weighted by Gasteiger charge is -2.25. The van der Waals surface area contributed by atoms with Crippen molar-refractivity contribution in [2.75, 3.05) is 0 Å². The molecule has 1 fully saturated rings. The Hall–Kier alpha value is -1.75. The maximum Gasteiger partial charge on any atom is 0.262 e. The van der Waals surface area contributed by atoms with Gasteiger partial charge in [0, 0.05) is 0 Å². The third-order valence-electron chi connectivity index (χ3n) is 4.13. The zero-order chi connectivity index (χ0) is 14.6. The van der Waals surface area contributed by atoms with Gasteiger partial charge < -0.3 is 5.73 Å².